The molecule has 33 heavy (non-hydrogen) atoms. The lowest BCUT2D eigenvalue weighted by atomic mass is 9.89. The van der Waals surface area contributed by atoms with Gasteiger partial charge in [0.15, 0.2) is 0 Å². The first-order valence-electron chi connectivity index (χ1n) is 12.4. The second kappa shape index (κ2) is 11.1. The molecule has 2 heterocycles. The number of amides is 2. The molecule has 3 aliphatic rings. The Hall–Kier alpha value is -2.50. The second-order valence-corrected chi connectivity index (χ2v) is 10.4. The molecule has 1 saturated carbocycles. The first-order valence-corrected chi connectivity index (χ1v) is 12.4. The van der Waals surface area contributed by atoms with Crippen LogP contribution in [0.5, 0.6) is 0 Å². The van der Waals surface area contributed by atoms with Gasteiger partial charge in [-0.3, -0.25) is 4.79 Å². The van der Waals surface area contributed by atoms with E-state index in [4.69, 9.17) is 4.74 Å². The number of nitrogens with zero attached hydrogens (tertiary/aromatic N) is 3. The Labute approximate surface area is 199 Å². The number of carbonyl (C=O) groups is 2. The van der Waals surface area contributed by atoms with Crippen molar-refractivity contribution in [1.29, 1.82) is 0 Å². The normalized spacial score (nSPS) is 19.0. The summed E-state index contributed by atoms with van der Waals surface area (Å²) in [4.78, 5) is 31.4. The molecule has 6 nitrogen and oxygen atoms in total. The van der Waals surface area contributed by atoms with Gasteiger partial charge in [-0.2, -0.15) is 0 Å². The zero-order valence-corrected chi connectivity index (χ0v) is 20.9. The lowest BCUT2D eigenvalue weighted by Gasteiger charge is -2.36. The average molecular weight is 456 g/mol. The second-order valence-electron chi connectivity index (χ2n) is 10.4. The molecule has 0 atom stereocenters. The van der Waals surface area contributed by atoms with E-state index in [-0.39, 0.29) is 12.0 Å². The van der Waals surface area contributed by atoms with E-state index in [1.807, 2.05) is 32.6 Å². The number of piperazine rings is 1. The van der Waals surface area contributed by atoms with Gasteiger partial charge in [0.05, 0.1) is 0 Å². The predicted octanol–water partition coefficient (Wildman–Crippen LogP) is 5.47. The number of carbonyl (C=O) groups excluding carboxylic acids is 2. The van der Waals surface area contributed by atoms with E-state index >= 15 is 0 Å². The van der Waals surface area contributed by atoms with Crippen LogP contribution in [0.2, 0.25) is 0 Å². The van der Waals surface area contributed by atoms with Gasteiger partial charge in [0.25, 0.3) is 5.91 Å². The summed E-state index contributed by atoms with van der Waals surface area (Å²) in [5.41, 5.74) is 2.60. The number of anilines is 1. The van der Waals surface area contributed by atoms with Crippen LogP contribution in [-0.2, 0) is 11.3 Å². The van der Waals surface area contributed by atoms with Gasteiger partial charge in [0.1, 0.15) is 5.60 Å². The van der Waals surface area contributed by atoms with Crippen LogP contribution in [0.1, 0.15) is 75.7 Å². The fourth-order valence-corrected chi connectivity index (χ4v) is 4.85. The van der Waals surface area contributed by atoms with Crippen molar-refractivity contribution in [3.63, 3.8) is 0 Å². The van der Waals surface area contributed by atoms with Gasteiger partial charge in [-0.25, -0.2) is 4.79 Å². The highest BCUT2D eigenvalue weighted by Gasteiger charge is 2.31. The van der Waals surface area contributed by atoms with Crippen LogP contribution in [0, 0.1) is 5.92 Å². The van der Waals surface area contributed by atoms with Crippen molar-refractivity contribution in [2.75, 3.05) is 37.6 Å². The molecule has 6 heteroatoms. The van der Waals surface area contributed by atoms with Crippen molar-refractivity contribution in [3.8, 4) is 0 Å². The van der Waals surface area contributed by atoms with Crippen LogP contribution >= 0.6 is 0 Å². The molecule has 2 aliphatic heterocycles. The predicted molar refractivity (Wildman–Crippen MR) is 134 cm³/mol. The van der Waals surface area contributed by atoms with Gasteiger partial charge in [-0.15, -0.1) is 6.58 Å². The van der Waals surface area contributed by atoms with E-state index in [1.165, 1.54) is 32.1 Å². The van der Waals surface area contributed by atoms with Crippen LogP contribution in [-0.4, -0.2) is 60.1 Å². The van der Waals surface area contributed by atoms with Gasteiger partial charge in [-0.1, -0.05) is 31.4 Å². The molecule has 0 aromatic heterocycles. The van der Waals surface area contributed by atoms with E-state index in [2.05, 4.69) is 29.7 Å². The minimum Gasteiger partial charge on any atom is -0.444 e. The molecule has 4 rings (SSSR count). The minimum absolute atomic E-state index is 0.185. The van der Waals surface area contributed by atoms with Crippen LogP contribution in [0.15, 0.2) is 30.9 Å². The van der Waals surface area contributed by atoms with Crippen molar-refractivity contribution < 1.29 is 14.3 Å². The SMILES string of the molecule is C=CC.CC(C)(C)OC(=O)N1CCN(c2ccc3c(c2)C(=O)N(CC2CCCCC2)C3)CC1. The van der Waals surface area contributed by atoms with E-state index in [0.29, 0.717) is 19.0 Å². The Balaban J connectivity index is 0.000000968. The molecule has 182 valence electrons. The summed E-state index contributed by atoms with van der Waals surface area (Å²) >= 11 is 0. The molecule has 2 fully saturated rings. The maximum absolute atomic E-state index is 13.0. The van der Waals surface area contributed by atoms with Crippen LogP contribution in [0.3, 0.4) is 0 Å². The fraction of sp³-hybridized carbons (Fsp3) is 0.630. The third-order valence-corrected chi connectivity index (χ3v) is 6.47. The van der Waals surface area contributed by atoms with E-state index in [0.717, 1.165) is 43.0 Å². The van der Waals surface area contributed by atoms with Crippen molar-refractivity contribution in [2.24, 2.45) is 5.92 Å². The largest absolute Gasteiger partial charge is 0.444 e. The smallest absolute Gasteiger partial charge is 0.410 e. The van der Waals surface area contributed by atoms with Crippen molar-refractivity contribution in [3.05, 3.63) is 42.0 Å². The number of allylic oxidation sites excluding steroid dienone is 1. The average Bonchev–Trinajstić information content (AvgIpc) is 3.09. The number of hydrogen-bond donors (Lipinski definition) is 0. The Morgan fingerprint density at radius 1 is 1.12 bits per heavy atom. The summed E-state index contributed by atoms with van der Waals surface area (Å²) in [6.45, 7) is 15.3. The first-order chi connectivity index (χ1) is 15.7. The van der Waals surface area contributed by atoms with E-state index in [1.54, 1.807) is 11.0 Å². The van der Waals surface area contributed by atoms with Gasteiger partial charge < -0.3 is 19.4 Å². The summed E-state index contributed by atoms with van der Waals surface area (Å²) in [5.74, 6) is 0.849. The van der Waals surface area contributed by atoms with Crippen molar-refractivity contribution in [2.45, 2.75) is 71.9 Å². The Morgan fingerprint density at radius 3 is 2.36 bits per heavy atom. The number of ether oxygens (including phenoxy) is 1. The maximum Gasteiger partial charge on any atom is 0.410 e. The van der Waals surface area contributed by atoms with Gasteiger partial charge in [0.2, 0.25) is 0 Å². The number of benzene rings is 1. The molecule has 0 radical (unpaired) electrons. The molecule has 0 bridgehead atoms. The standard InChI is InChI=1S/C24H35N3O3.C3H6/c1-24(2,3)30-23(29)26-13-11-25(12-14-26)20-10-9-19-17-27(22(28)21(19)15-20)16-18-7-5-4-6-8-18;1-3-2/h9-10,15,18H,4-8,11-14,16-17H2,1-3H3;3H,1H2,2H3. The molecule has 1 aromatic carbocycles. The Kier molecular flexibility index (Phi) is 8.44. The van der Waals surface area contributed by atoms with Crippen LogP contribution in [0.4, 0.5) is 10.5 Å². The summed E-state index contributed by atoms with van der Waals surface area (Å²) in [7, 11) is 0. The number of hydrogen-bond acceptors (Lipinski definition) is 4. The zero-order valence-electron chi connectivity index (χ0n) is 20.9. The lowest BCUT2D eigenvalue weighted by Crippen LogP contribution is -2.50. The molecule has 1 aliphatic carbocycles. The first kappa shape index (κ1) is 25.1. The minimum atomic E-state index is -0.474. The third kappa shape index (κ3) is 6.75. The summed E-state index contributed by atoms with van der Waals surface area (Å²) < 4.78 is 5.49. The summed E-state index contributed by atoms with van der Waals surface area (Å²) in [6, 6.07) is 6.30. The van der Waals surface area contributed by atoms with Gasteiger partial charge >= 0.3 is 6.09 Å². The molecule has 2 amide bonds. The maximum atomic E-state index is 13.0. The zero-order chi connectivity index (χ0) is 24.0. The lowest BCUT2D eigenvalue weighted by molar-refractivity contribution is 0.0240. The highest BCUT2D eigenvalue weighted by atomic mass is 16.6. The third-order valence-electron chi connectivity index (χ3n) is 6.47. The molecule has 0 spiro atoms. The molecule has 1 saturated heterocycles. The number of fused-ring (bicyclic) bond motifs is 1. The van der Waals surface area contributed by atoms with Gasteiger partial charge in [-0.05, 0) is 64.2 Å². The Bertz CT molecular complexity index is 832. The quantitative estimate of drug-likeness (QED) is 0.567. The molecular formula is C27H41N3O3. The monoisotopic (exact) mass is 455 g/mol. The highest BCUT2D eigenvalue weighted by molar-refractivity contribution is 5.99. The van der Waals surface area contributed by atoms with Crippen LogP contribution in [0.25, 0.3) is 0 Å². The van der Waals surface area contributed by atoms with Crippen molar-refractivity contribution >= 4 is 17.7 Å². The van der Waals surface area contributed by atoms with Crippen LogP contribution < -0.4 is 4.90 Å². The van der Waals surface area contributed by atoms with E-state index in [9.17, 15) is 9.59 Å². The molecule has 0 unspecified atom stereocenters. The van der Waals surface area contributed by atoms with Gasteiger partial charge in [0, 0.05) is 50.5 Å². The van der Waals surface area contributed by atoms with Crippen molar-refractivity contribution in [1.82, 2.24) is 9.80 Å². The molecular weight excluding hydrogens is 414 g/mol. The summed E-state index contributed by atoms with van der Waals surface area (Å²) in [6.07, 6.45) is 7.97. The Morgan fingerprint density at radius 2 is 1.76 bits per heavy atom. The molecule has 1 aromatic rings. The molecule has 0 N–H and O–H groups in total. The topological polar surface area (TPSA) is 53.1 Å². The highest BCUT2D eigenvalue weighted by Crippen LogP contribution is 2.31. The summed E-state index contributed by atoms with van der Waals surface area (Å²) in [5, 5.41) is 0. The number of rotatable bonds is 3. The fourth-order valence-electron chi connectivity index (χ4n) is 4.85. The van der Waals surface area contributed by atoms with E-state index < -0.39 is 5.60 Å².